The van der Waals surface area contributed by atoms with Crippen molar-refractivity contribution in [2.24, 2.45) is 0 Å². The summed E-state index contributed by atoms with van der Waals surface area (Å²) in [5, 5.41) is 14.3. The highest BCUT2D eigenvalue weighted by Crippen LogP contribution is 2.54. The first-order valence-electron chi connectivity index (χ1n) is 17.0. The maximum atomic E-state index is 13.0. The van der Waals surface area contributed by atoms with Gasteiger partial charge in [0.25, 0.3) is 0 Å². The lowest BCUT2D eigenvalue weighted by molar-refractivity contribution is -0.929. The first kappa shape index (κ1) is 36.4. The largest absolute Gasteiger partial charge is 0.548 e. The Labute approximate surface area is 270 Å². The molecule has 4 rings (SSSR count). The second-order valence-electron chi connectivity index (χ2n) is 13.9. The fourth-order valence-electron chi connectivity index (χ4n) is 7.21. The van der Waals surface area contributed by atoms with E-state index < -0.39 is 34.5 Å². The van der Waals surface area contributed by atoms with Crippen molar-refractivity contribution in [2.75, 3.05) is 26.2 Å². The van der Waals surface area contributed by atoms with E-state index in [1.165, 1.54) is 98.7 Å². The molecule has 44 heavy (non-hydrogen) atoms. The molecule has 0 bridgehead atoms. The van der Waals surface area contributed by atoms with Crippen molar-refractivity contribution in [3.63, 3.8) is 0 Å². The van der Waals surface area contributed by atoms with Crippen molar-refractivity contribution in [3.05, 3.63) is 35.9 Å². The van der Waals surface area contributed by atoms with Gasteiger partial charge in [-0.3, -0.25) is 14.5 Å². The van der Waals surface area contributed by atoms with Gasteiger partial charge in [-0.1, -0.05) is 83.7 Å². The first-order valence-corrected chi connectivity index (χ1v) is 17.9. The van der Waals surface area contributed by atoms with Gasteiger partial charge in [-0.2, -0.15) is 0 Å². The van der Waals surface area contributed by atoms with Gasteiger partial charge >= 0.3 is 0 Å². The van der Waals surface area contributed by atoms with Crippen LogP contribution in [0.25, 0.3) is 0 Å². The molecule has 1 aromatic carbocycles. The van der Waals surface area contributed by atoms with Crippen molar-refractivity contribution in [1.82, 2.24) is 15.1 Å². The average molecular weight is 631 g/mol. The number of amides is 2. The number of nitrogens with one attached hydrogen (secondary N) is 1. The van der Waals surface area contributed by atoms with E-state index in [4.69, 9.17) is 0 Å². The van der Waals surface area contributed by atoms with Gasteiger partial charge in [0.15, 0.2) is 0 Å². The summed E-state index contributed by atoms with van der Waals surface area (Å²) in [4.78, 5) is 40.8. The molecule has 0 saturated carbocycles. The number of carboxylic acids is 1. The van der Waals surface area contributed by atoms with E-state index in [-0.39, 0.29) is 17.2 Å². The molecule has 3 heterocycles. The highest BCUT2D eigenvalue weighted by Gasteiger charge is 2.67. The molecule has 0 spiro atoms. The minimum Gasteiger partial charge on any atom is -0.548 e. The Kier molecular flexibility index (Phi) is 12.8. The van der Waals surface area contributed by atoms with Crippen LogP contribution < -0.4 is 10.4 Å². The Hall–Kier alpha value is -2.10. The standard InChI is InChI=1S/C19H23N3O4S.C16H36N/c1-18(2)13(17(25)26)21-15(24)12(16(21)27-18)22-11(10-8-6-5-7-9-10)14(23)20-19(22,3)4;1-5-9-13-17(14-10-6-2,15-11-7-3)16-12-8-4/h5-9,11-13,16H,1-4H3,(H,20,23)(H,25,26);5-16H2,1-4H3/q;+1/p-1/t11?,12-,13+,16-;/m1./s1. The molecule has 3 aliphatic rings. The van der Waals surface area contributed by atoms with Crippen LogP contribution in [0.1, 0.15) is 118 Å². The first-order chi connectivity index (χ1) is 20.8. The molecule has 0 radical (unpaired) electrons. The second-order valence-corrected chi connectivity index (χ2v) is 15.7. The predicted molar refractivity (Wildman–Crippen MR) is 177 cm³/mol. The van der Waals surface area contributed by atoms with E-state index in [1.807, 2.05) is 62.9 Å². The number of β-lactam (4-membered cyclic amide) rings is 1. The SMILES string of the molecule is CC1(C)S[C@@H]2[C@H](N3C(c4ccccc4)C(=O)NC3(C)C)C(=O)N2[C@H]1C(=O)[O-].CCCC[N+](CCCC)(CCCC)CCCC. The van der Waals surface area contributed by atoms with Crippen molar-refractivity contribution in [2.45, 2.75) is 141 Å². The average Bonchev–Trinajstić information content (AvgIpc) is 3.37. The molecular formula is C35H58N4O4S. The Balaban J connectivity index is 0.000000271. The van der Waals surface area contributed by atoms with Crippen LogP contribution in [-0.4, -0.2) is 86.1 Å². The highest BCUT2D eigenvalue weighted by molar-refractivity contribution is 8.01. The van der Waals surface area contributed by atoms with E-state index in [0.29, 0.717) is 0 Å². The molecule has 9 heteroatoms. The lowest BCUT2D eigenvalue weighted by atomic mass is 9.92. The summed E-state index contributed by atoms with van der Waals surface area (Å²) in [6.07, 6.45) is 11.1. The number of aliphatic carboxylic acids is 1. The summed E-state index contributed by atoms with van der Waals surface area (Å²) in [5.41, 5.74) is 0.0828. The van der Waals surface area contributed by atoms with Gasteiger partial charge in [0.05, 0.1) is 43.9 Å². The number of unbranched alkanes of at least 4 members (excludes halogenated alkanes) is 4. The quantitative estimate of drug-likeness (QED) is 0.215. The monoisotopic (exact) mass is 630 g/mol. The minimum absolute atomic E-state index is 0.156. The molecular weight excluding hydrogens is 572 g/mol. The summed E-state index contributed by atoms with van der Waals surface area (Å²) in [6.45, 7) is 22.4. The third-order valence-corrected chi connectivity index (χ3v) is 11.2. The lowest BCUT2D eigenvalue weighted by Gasteiger charge is -2.52. The van der Waals surface area contributed by atoms with Gasteiger partial charge in [-0.25, -0.2) is 0 Å². The third-order valence-electron chi connectivity index (χ3n) is 9.60. The molecule has 0 aromatic heterocycles. The fourth-order valence-corrected chi connectivity index (χ4v) is 8.89. The van der Waals surface area contributed by atoms with Crippen molar-refractivity contribution in [3.8, 4) is 0 Å². The van der Waals surface area contributed by atoms with E-state index in [9.17, 15) is 19.5 Å². The molecule has 4 atom stereocenters. The van der Waals surface area contributed by atoms with E-state index in [0.717, 1.165) is 5.56 Å². The molecule has 3 fully saturated rings. The maximum Gasteiger partial charge on any atom is 0.244 e. The van der Waals surface area contributed by atoms with Crippen molar-refractivity contribution >= 4 is 29.5 Å². The van der Waals surface area contributed by atoms with Gasteiger partial charge in [0, 0.05) is 4.75 Å². The lowest BCUT2D eigenvalue weighted by Crippen LogP contribution is -2.74. The number of hydrogen-bond donors (Lipinski definition) is 1. The summed E-state index contributed by atoms with van der Waals surface area (Å²) in [7, 11) is 0. The number of hydrogen-bond acceptors (Lipinski definition) is 6. The van der Waals surface area contributed by atoms with Gasteiger partial charge in [0.1, 0.15) is 17.5 Å². The van der Waals surface area contributed by atoms with E-state index in [1.54, 1.807) is 0 Å². The van der Waals surface area contributed by atoms with E-state index >= 15 is 0 Å². The van der Waals surface area contributed by atoms with E-state index in [2.05, 4.69) is 33.0 Å². The van der Waals surface area contributed by atoms with Crippen LogP contribution in [0.2, 0.25) is 0 Å². The van der Waals surface area contributed by atoms with Gasteiger partial charge in [-0.15, -0.1) is 11.8 Å². The third kappa shape index (κ3) is 7.81. The van der Waals surface area contributed by atoms with Gasteiger partial charge in [-0.05, 0) is 58.9 Å². The van der Waals surface area contributed by atoms with Crippen LogP contribution in [0.15, 0.2) is 30.3 Å². The zero-order valence-corrected chi connectivity index (χ0v) is 29.4. The Morgan fingerprint density at radius 2 is 1.34 bits per heavy atom. The van der Waals surface area contributed by atoms with Crippen LogP contribution in [0.5, 0.6) is 0 Å². The minimum atomic E-state index is -1.24. The number of fused-ring (bicyclic) bond motifs is 1. The number of nitrogens with zero attached hydrogens (tertiary/aromatic N) is 3. The Bertz CT molecular complexity index is 1070. The molecule has 1 aromatic rings. The number of quaternary nitrogens is 1. The summed E-state index contributed by atoms with van der Waals surface area (Å²) in [6, 6.07) is 7.20. The number of rotatable bonds is 15. The Morgan fingerprint density at radius 3 is 1.77 bits per heavy atom. The molecule has 248 valence electrons. The van der Waals surface area contributed by atoms with Gasteiger partial charge in [0.2, 0.25) is 11.8 Å². The van der Waals surface area contributed by atoms with Crippen LogP contribution >= 0.6 is 11.8 Å². The molecule has 3 saturated heterocycles. The van der Waals surface area contributed by atoms with Crippen LogP contribution in [-0.2, 0) is 14.4 Å². The second kappa shape index (κ2) is 15.5. The number of benzene rings is 1. The van der Waals surface area contributed by atoms with Crippen molar-refractivity contribution in [1.29, 1.82) is 0 Å². The molecule has 0 aliphatic carbocycles. The van der Waals surface area contributed by atoms with Crippen LogP contribution in [0.4, 0.5) is 0 Å². The highest BCUT2D eigenvalue weighted by atomic mass is 32.2. The molecule has 8 nitrogen and oxygen atoms in total. The summed E-state index contributed by atoms with van der Waals surface area (Å²) >= 11 is 1.46. The number of carboxylic acid groups (broad SMARTS) is 1. The van der Waals surface area contributed by atoms with Crippen molar-refractivity contribution < 1.29 is 24.0 Å². The smallest absolute Gasteiger partial charge is 0.244 e. The predicted octanol–water partition coefficient (Wildman–Crippen LogP) is 5.08. The summed E-state index contributed by atoms with van der Waals surface area (Å²) < 4.78 is 0.765. The molecule has 2 amide bonds. The zero-order valence-electron chi connectivity index (χ0n) is 28.6. The normalized spacial score (nSPS) is 25.6. The van der Waals surface area contributed by atoms with Crippen LogP contribution in [0, 0.1) is 0 Å². The Morgan fingerprint density at radius 1 is 0.864 bits per heavy atom. The number of carbonyl (C=O) groups excluding carboxylic acids is 3. The van der Waals surface area contributed by atoms with Crippen LogP contribution in [0.3, 0.4) is 0 Å². The maximum absolute atomic E-state index is 13.0. The number of thioether (sulfide) groups is 1. The molecule has 3 aliphatic heterocycles. The topological polar surface area (TPSA) is 92.8 Å². The zero-order chi connectivity index (χ0) is 32.7. The molecule has 1 N–H and O–H groups in total. The fraction of sp³-hybridized carbons (Fsp3) is 0.743. The summed E-state index contributed by atoms with van der Waals surface area (Å²) in [5.74, 6) is -1.66. The number of carbonyl (C=O) groups is 3. The molecule has 1 unspecified atom stereocenters. The van der Waals surface area contributed by atoms with Gasteiger partial charge < -0.3 is 24.6 Å².